The van der Waals surface area contributed by atoms with Crippen LogP contribution in [-0.4, -0.2) is 67.9 Å². The molecule has 0 atom stereocenters. The topological polar surface area (TPSA) is 140 Å². The van der Waals surface area contributed by atoms with Crippen LogP contribution in [0.1, 0.15) is 35.7 Å². The monoisotopic (exact) mass is 594 g/mol. The van der Waals surface area contributed by atoms with E-state index in [4.69, 9.17) is 9.90 Å². The van der Waals surface area contributed by atoms with E-state index in [1.54, 1.807) is 36.5 Å². The van der Waals surface area contributed by atoms with E-state index in [9.17, 15) is 31.5 Å². The minimum Gasteiger partial charge on any atom is -0.478 e. The van der Waals surface area contributed by atoms with Crippen molar-refractivity contribution in [2.75, 3.05) is 40.7 Å². The molecule has 1 fully saturated rings. The summed E-state index contributed by atoms with van der Waals surface area (Å²) in [6, 6.07) is 17.1. The largest absolute Gasteiger partial charge is 0.490 e. The third-order valence-electron chi connectivity index (χ3n) is 6.18. The summed E-state index contributed by atoms with van der Waals surface area (Å²) >= 11 is 0. The first kappa shape index (κ1) is 31.2. The fourth-order valence-corrected chi connectivity index (χ4v) is 5.04. The molecule has 10 nitrogen and oxygen atoms in total. The smallest absolute Gasteiger partial charge is 0.478 e. The standard InChI is InChI=1S/C25H28N4O4S.C2HF3O2/c1-18(2)19-6-9-21(10-7-19)34(32,33)27-22-17-20(25(30)31)8-11-23(22)28-13-15-29(16-14-28)24-5-3-4-12-26-24;3-2(4,5)1(6)7/h3-12,17-18,27H,13-16H2,1-2H3,(H,30,31);(H,6,7). The number of hydrogen-bond acceptors (Lipinski definition) is 7. The van der Waals surface area contributed by atoms with Gasteiger partial charge in [0.05, 0.1) is 21.8 Å². The molecule has 1 aliphatic rings. The lowest BCUT2D eigenvalue weighted by Gasteiger charge is -2.37. The Morgan fingerprint density at radius 3 is 2.00 bits per heavy atom. The van der Waals surface area contributed by atoms with E-state index in [0.29, 0.717) is 31.9 Å². The number of carboxylic acids is 2. The zero-order chi connectivity index (χ0) is 30.4. The second-order valence-corrected chi connectivity index (χ2v) is 11.0. The van der Waals surface area contributed by atoms with Gasteiger partial charge in [-0.05, 0) is 53.9 Å². The van der Waals surface area contributed by atoms with E-state index in [1.165, 1.54) is 12.1 Å². The number of pyridine rings is 1. The predicted molar refractivity (Wildman–Crippen MR) is 147 cm³/mol. The number of benzene rings is 2. The molecular formula is C27H29F3N4O6S. The Labute approximate surface area is 235 Å². The molecule has 0 radical (unpaired) electrons. The highest BCUT2D eigenvalue weighted by molar-refractivity contribution is 7.92. The van der Waals surface area contributed by atoms with Crippen LogP contribution in [0.25, 0.3) is 0 Å². The van der Waals surface area contributed by atoms with Crippen molar-refractivity contribution < 1.29 is 41.4 Å². The van der Waals surface area contributed by atoms with Gasteiger partial charge in [-0.3, -0.25) is 4.72 Å². The zero-order valence-electron chi connectivity index (χ0n) is 22.2. The molecule has 0 amide bonds. The Bertz CT molecular complexity index is 1460. The molecule has 0 spiro atoms. The number of nitrogens with one attached hydrogen (secondary N) is 1. The van der Waals surface area contributed by atoms with Crippen molar-refractivity contribution in [3.05, 3.63) is 78.0 Å². The Kier molecular flexibility index (Phi) is 9.81. The van der Waals surface area contributed by atoms with E-state index in [0.717, 1.165) is 11.4 Å². The van der Waals surface area contributed by atoms with E-state index < -0.39 is 28.1 Å². The van der Waals surface area contributed by atoms with Gasteiger partial charge < -0.3 is 20.0 Å². The van der Waals surface area contributed by atoms with Crippen LogP contribution < -0.4 is 14.5 Å². The van der Waals surface area contributed by atoms with Crippen molar-refractivity contribution in [1.29, 1.82) is 0 Å². The minimum absolute atomic E-state index is 0.0173. The van der Waals surface area contributed by atoms with Crippen LogP contribution >= 0.6 is 0 Å². The van der Waals surface area contributed by atoms with Crippen LogP contribution in [0.2, 0.25) is 0 Å². The highest BCUT2D eigenvalue weighted by Gasteiger charge is 2.38. The lowest BCUT2D eigenvalue weighted by molar-refractivity contribution is -0.192. The number of aliphatic carboxylic acids is 1. The maximum atomic E-state index is 13.1. The average Bonchev–Trinajstić information content (AvgIpc) is 2.93. The number of carboxylic acid groups (broad SMARTS) is 2. The molecule has 0 bridgehead atoms. The highest BCUT2D eigenvalue weighted by Crippen LogP contribution is 2.31. The summed E-state index contributed by atoms with van der Waals surface area (Å²) < 4.78 is 60.6. The van der Waals surface area contributed by atoms with E-state index in [-0.39, 0.29) is 22.1 Å². The first-order chi connectivity index (χ1) is 19.2. The van der Waals surface area contributed by atoms with Crippen molar-refractivity contribution in [2.45, 2.75) is 30.8 Å². The van der Waals surface area contributed by atoms with E-state index in [1.807, 2.05) is 32.0 Å². The molecule has 0 unspecified atom stereocenters. The molecule has 2 aromatic carbocycles. The molecule has 3 aromatic rings. The Balaban J connectivity index is 0.000000587. The summed E-state index contributed by atoms with van der Waals surface area (Å²) in [4.78, 5) is 29.2. The van der Waals surface area contributed by atoms with Gasteiger partial charge in [-0.2, -0.15) is 13.2 Å². The molecule has 1 aromatic heterocycles. The van der Waals surface area contributed by atoms with Gasteiger partial charge >= 0.3 is 18.1 Å². The van der Waals surface area contributed by atoms with Crippen molar-refractivity contribution in [2.24, 2.45) is 0 Å². The Morgan fingerprint density at radius 1 is 0.927 bits per heavy atom. The molecule has 0 saturated carbocycles. The van der Waals surface area contributed by atoms with Gasteiger partial charge in [0.1, 0.15) is 5.82 Å². The number of alkyl halides is 3. The summed E-state index contributed by atoms with van der Waals surface area (Å²) in [7, 11) is -3.90. The molecule has 1 aliphatic heterocycles. The number of aromatic carboxylic acids is 1. The van der Waals surface area contributed by atoms with Crippen LogP contribution in [0.5, 0.6) is 0 Å². The fraction of sp³-hybridized carbons (Fsp3) is 0.296. The Morgan fingerprint density at radius 2 is 1.51 bits per heavy atom. The summed E-state index contributed by atoms with van der Waals surface area (Å²) in [5.41, 5.74) is 1.95. The summed E-state index contributed by atoms with van der Waals surface area (Å²) in [5.74, 6) is -2.69. The number of carbonyl (C=O) groups is 2. The van der Waals surface area contributed by atoms with Crippen LogP contribution in [0.15, 0.2) is 71.8 Å². The third-order valence-corrected chi connectivity index (χ3v) is 7.56. The van der Waals surface area contributed by atoms with Crippen LogP contribution in [0.3, 0.4) is 0 Å². The maximum absolute atomic E-state index is 13.1. The molecule has 220 valence electrons. The predicted octanol–water partition coefficient (Wildman–Crippen LogP) is 4.66. The first-order valence-corrected chi connectivity index (χ1v) is 13.9. The number of aromatic nitrogens is 1. The molecule has 3 N–H and O–H groups in total. The van der Waals surface area contributed by atoms with Crippen molar-refractivity contribution in [1.82, 2.24) is 4.98 Å². The molecular weight excluding hydrogens is 565 g/mol. The number of rotatable bonds is 7. The molecule has 0 aliphatic carbocycles. The number of piperazine rings is 1. The van der Waals surface area contributed by atoms with Crippen molar-refractivity contribution in [3.8, 4) is 0 Å². The van der Waals surface area contributed by atoms with Crippen LogP contribution in [0.4, 0.5) is 30.4 Å². The number of anilines is 3. The average molecular weight is 595 g/mol. The molecule has 41 heavy (non-hydrogen) atoms. The normalized spacial score (nSPS) is 13.8. The van der Waals surface area contributed by atoms with Crippen LogP contribution in [-0.2, 0) is 14.8 Å². The SMILES string of the molecule is CC(C)c1ccc(S(=O)(=O)Nc2cc(C(=O)O)ccc2N2CCN(c3ccccn3)CC2)cc1.O=C(O)C(F)(F)F. The van der Waals surface area contributed by atoms with Gasteiger partial charge in [0.15, 0.2) is 0 Å². The fourth-order valence-electron chi connectivity index (χ4n) is 3.98. The quantitative estimate of drug-likeness (QED) is 0.356. The van der Waals surface area contributed by atoms with Gasteiger partial charge in [-0.25, -0.2) is 23.0 Å². The summed E-state index contributed by atoms with van der Waals surface area (Å²) in [6.07, 6.45) is -3.33. The van der Waals surface area contributed by atoms with Gasteiger partial charge in [0.25, 0.3) is 10.0 Å². The lowest BCUT2D eigenvalue weighted by atomic mass is 10.0. The van der Waals surface area contributed by atoms with Gasteiger partial charge in [0.2, 0.25) is 0 Å². The molecule has 4 rings (SSSR count). The second-order valence-electron chi connectivity index (χ2n) is 9.33. The second kappa shape index (κ2) is 12.9. The van der Waals surface area contributed by atoms with E-state index >= 15 is 0 Å². The number of hydrogen-bond donors (Lipinski definition) is 3. The van der Waals surface area contributed by atoms with Crippen molar-refractivity contribution >= 4 is 39.2 Å². The first-order valence-electron chi connectivity index (χ1n) is 12.4. The van der Waals surface area contributed by atoms with Crippen LogP contribution in [0, 0.1) is 0 Å². The van der Waals surface area contributed by atoms with Gasteiger partial charge in [-0.15, -0.1) is 0 Å². The molecule has 2 heterocycles. The molecule has 14 heteroatoms. The lowest BCUT2D eigenvalue weighted by Crippen LogP contribution is -2.47. The summed E-state index contributed by atoms with van der Waals surface area (Å²) in [6.45, 7) is 6.78. The van der Waals surface area contributed by atoms with E-state index in [2.05, 4.69) is 19.5 Å². The Hall–Kier alpha value is -4.33. The zero-order valence-corrected chi connectivity index (χ0v) is 23.0. The minimum atomic E-state index is -5.08. The molecule has 1 saturated heterocycles. The summed E-state index contributed by atoms with van der Waals surface area (Å²) in [5, 5.41) is 16.6. The highest BCUT2D eigenvalue weighted by atomic mass is 32.2. The number of sulfonamides is 1. The van der Waals surface area contributed by atoms with Gasteiger partial charge in [0, 0.05) is 32.4 Å². The third kappa shape index (κ3) is 8.33. The van der Waals surface area contributed by atoms with Crippen molar-refractivity contribution in [3.63, 3.8) is 0 Å². The number of nitrogens with zero attached hydrogens (tertiary/aromatic N) is 3. The number of halogens is 3. The maximum Gasteiger partial charge on any atom is 0.490 e. The van der Waals surface area contributed by atoms with Gasteiger partial charge in [-0.1, -0.05) is 32.0 Å².